The van der Waals surface area contributed by atoms with E-state index in [4.69, 9.17) is 5.11 Å². The molecule has 0 saturated carbocycles. The zero-order valence-electron chi connectivity index (χ0n) is 19.2. The summed E-state index contributed by atoms with van der Waals surface area (Å²) in [6, 6.07) is 7.31. The lowest BCUT2D eigenvalue weighted by atomic mass is 10.0. The van der Waals surface area contributed by atoms with Crippen molar-refractivity contribution >= 4 is 29.0 Å². The van der Waals surface area contributed by atoms with Crippen molar-refractivity contribution in [2.45, 2.75) is 91.0 Å². The summed E-state index contributed by atoms with van der Waals surface area (Å²) < 4.78 is 0. The Hall–Kier alpha value is -2.63. The largest absolute Gasteiger partial charge is 0.481 e. The van der Waals surface area contributed by atoms with Crippen molar-refractivity contribution in [3.8, 4) is 0 Å². The maximum Gasteiger partial charge on any atom is 0.303 e. The van der Waals surface area contributed by atoms with E-state index in [-0.39, 0.29) is 30.7 Å². The molecule has 1 atom stereocenters. The van der Waals surface area contributed by atoms with Crippen LogP contribution in [-0.4, -0.2) is 28.9 Å². The van der Waals surface area contributed by atoms with Crippen LogP contribution in [0.2, 0.25) is 0 Å². The fourth-order valence-electron chi connectivity index (χ4n) is 3.33. The first-order chi connectivity index (χ1) is 14.8. The van der Waals surface area contributed by atoms with Gasteiger partial charge >= 0.3 is 5.97 Å². The Balaban J connectivity index is 2.46. The second-order valence-corrected chi connectivity index (χ2v) is 8.17. The van der Waals surface area contributed by atoms with E-state index in [9.17, 15) is 14.4 Å². The quantitative estimate of drug-likeness (QED) is 0.251. The normalized spacial score (nSPS) is 12.3. The number of unbranched alkanes of at least 4 members (excludes halogenated alkanes) is 6. The third kappa shape index (κ3) is 12.6. The number of amides is 2. The summed E-state index contributed by atoms with van der Waals surface area (Å²) in [7, 11) is 0. The second kappa shape index (κ2) is 15.2. The van der Waals surface area contributed by atoms with E-state index in [1.54, 1.807) is 24.3 Å². The molecule has 1 unspecified atom stereocenters. The molecule has 0 spiro atoms. The number of hydrogen-bond acceptors (Lipinski definition) is 3. The zero-order chi connectivity index (χ0) is 23.1. The van der Waals surface area contributed by atoms with Crippen LogP contribution in [0.5, 0.6) is 0 Å². The lowest BCUT2D eigenvalue weighted by Gasteiger charge is -2.13. The van der Waals surface area contributed by atoms with Crippen LogP contribution in [0.4, 0.5) is 5.69 Å². The molecule has 3 N–H and O–H groups in total. The molecular formula is C25H38N2O4. The minimum Gasteiger partial charge on any atom is -0.481 e. The molecular weight excluding hydrogens is 392 g/mol. The molecule has 0 heterocycles. The summed E-state index contributed by atoms with van der Waals surface area (Å²) in [5.41, 5.74) is 2.20. The molecule has 0 saturated heterocycles. The van der Waals surface area contributed by atoms with Gasteiger partial charge in [-0.05, 0) is 43.5 Å². The fourth-order valence-corrected chi connectivity index (χ4v) is 3.33. The van der Waals surface area contributed by atoms with Crippen molar-refractivity contribution in [3.63, 3.8) is 0 Å². The van der Waals surface area contributed by atoms with Crippen LogP contribution in [0.1, 0.15) is 90.5 Å². The molecule has 2 amide bonds. The van der Waals surface area contributed by atoms with E-state index in [2.05, 4.69) is 17.6 Å². The number of rotatable bonds is 15. The van der Waals surface area contributed by atoms with Gasteiger partial charge in [-0.25, -0.2) is 0 Å². The van der Waals surface area contributed by atoms with Gasteiger partial charge < -0.3 is 15.7 Å². The van der Waals surface area contributed by atoms with Gasteiger partial charge in [-0.15, -0.1) is 0 Å². The molecule has 31 heavy (non-hydrogen) atoms. The molecule has 0 aromatic heterocycles. The Bertz CT molecular complexity index is 743. The zero-order valence-corrected chi connectivity index (χ0v) is 19.2. The number of carboxylic acid groups (broad SMARTS) is 1. The number of hydrogen-bond donors (Lipinski definition) is 3. The van der Waals surface area contributed by atoms with Gasteiger partial charge in [0.1, 0.15) is 0 Å². The van der Waals surface area contributed by atoms with Gasteiger partial charge in [-0.2, -0.15) is 0 Å². The van der Waals surface area contributed by atoms with Crippen LogP contribution in [0.3, 0.4) is 0 Å². The Morgan fingerprint density at radius 3 is 2.39 bits per heavy atom. The van der Waals surface area contributed by atoms with Gasteiger partial charge in [0, 0.05) is 24.2 Å². The molecule has 1 rings (SSSR count). The minimum absolute atomic E-state index is 0.0760. The molecule has 6 heteroatoms. The summed E-state index contributed by atoms with van der Waals surface area (Å²) in [6.45, 7) is 6.11. The predicted molar refractivity (Wildman–Crippen MR) is 126 cm³/mol. The number of benzene rings is 1. The Kier molecular flexibility index (Phi) is 13.0. The average Bonchev–Trinajstić information content (AvgIpc) is 2.71. The molecule has 6 nitrogen and oxygen atoms in total. The first-order valence-electron chi connectivity index (χ1n) is 11.4. The average molecular weight is 431 g/mol. The Morgan fingerprint density at radius 1 is 1.03 bits per heavy atom. The highest BCUT2D eigenvalue weighted by Crippen LogP contribution is 2.19. The lowest BCUT2D eigenvalue weighted by Crippen LogP contribution is -2.31. The summed E-state index contributed by atoms with van der Waals surface area (Å²) in [5, 5.41) is 14.4. The second-order valence-electron chi connectivity index (χ2n) is 8.17. The first-order valence-corrected chi connectivity index (χ1v) is 11.4. The van der Waals surface area contributed by atoms with Gasteiger partial charge in [-0.3, -0.25) is 14.4 Å². The highest BCUT2D eigenvalue weighted by Gasteiger charge is 2.08. The van der Waals surface area contributed by atoms with Gasteiger partial charge in [0.2, 0.25) is 11.8 Å². The number of anilines is 1. The van der Waals surface area contributed by atoms with Crippen LogP contribution in [-0.2, 0) is 14.4 Å². The van der Waals surface area contributed by atoms with Gasteiger partial charge in [-0.1, -0.05) is 64.0 Å². The monoisotopic (exact) mass is 430 g/mol. The Labute approximate surface area is 186 Å². The van der Waals surface area contributed by atoms with E-state index in [1.807, 2.05) is 19.9 Å². The van der Waals surface area contributed by atoms with Crippen LogP contribution in [0.25, 0.3) is 5.57 Å². The van der Waals surface area contributed by atoms with Crippen molar-refractivity contribution in [2.75, 3.05) is 5.32 Å². The van der Waals surface area contributed by atoms with E-state index in [0.29, 0.717) is 5.69 Å². The van der Waals surface area contributed by atoms with Crippen molar-refractivity contribution in [1.29, 1.82) is 0 Å². The highest BCUT2D eigenvalue weighted by molar-refractivity contribution is 5.96. The van der Waals surface area contributed by atoms with Crippen molar-refractivity contribution in [3.05, 3.63) is 35.9 Å². The number of allylic oxidation sites excluding steroid dienone is 1. The van der Waals surface area contributed by atoms with E-state index >= 15 is 0 Å². The van der Waals surface area contributed by atoms with E-state index in [1.165, 1.54) is 38.5 Å². The van der Waals surface area contributed by atoms with Gasteiger partial charge in [0.05, 0.1) is 6.42 Å². The van der Waals surface area contributed by atoms with Gasteiger partial charge in [0.25, 0.3) is 0 Å². The predicted octanol–water partition coefficient (Wildman–Crippen LogP) is 5.54. The van der Waals surface area contributed by atoms with Crippen molar-refractivity contribution in [1.82, 2.24) is 5.32 Å². The van der Waals surface area contributed by atoms with Crippen LogP contribution >= 0.6 is 0 Å². The topological polar surface area (TPSA) is 95.5 Å². The van der Waals surface area contributed by atoms with Crippen LogP contribution in [0.15, 0.2) is 30.3 Å². The summed E-state index contributed by atoms with van der Waals surface area (Å²) >= 11 is 0. The standard InChI is InChI=1S/C25H38N2O4/c1-4-5-6-7-8-9-10-12-20(3)26-24(29)17-19(2)21-13-11-14-22(18-21)27-23(28)15-16-25(30)31/h11,13-14,17-18,20H,4-10,12,15-16H2,1-3H3,(H,26,29)(H,27,28)(H,30,31). The third-order valence-corrected chi connectivity index (χ3v) is 5.14. The fraction of sp³-hybridized carbons (Fsp3) is 0.560. The molecule has 0 aliphatic rings. The maximum absolute atomic E-state index is 12.3. The minimum atomic E-state index is -1.00. The van der Waals surface area contributed by atoms with E-state index in [0.717, 1.165) is 24.0 Å². The third-order valence-electron chi connectivity index (χ3n) is 5.14. The number of carboxylic acids is 1. The van der Waals surface area contributed by atoms with Crippen LogP contribution in [0, 0.1) is 0 Å². The number of carbonyl (C=O) groups excluding carboxylic acids is 2. The lowest BCUT2D eigenvalue weighted by molar-refractivity contribution is -0.138. The summed E-state index contributed by atoms with van der Waals surface area (Å²) in [5.74, 6) is -1.48. The SMILES string of the molecule is CCCCCCCCCC(C)NC(=O)C=C(C)c1cccc(NC(=O)CCC(=O)O)c1. The maximum atomic E-state index is 12.3. The molecule has 1 aromatic carbocycles. The van der Waals surface area contributed by atoms with E-state index < -0.39 is 5.97 Å². The molecule has 0 bridgehead atoms. The molecule has 172 valence electrons. The van der Waals surface area contributed by atoms with Gasteiger partial charge in [0.15, 0.2) is 0 Å². The first kappa shape index (κ1) is 26.4. The molecule has 0 aliphatic carbocycles. The number of aliphatic carboxylic acids is 1. The highest BCUT2D eigenvalue weighted by atomic mass is 16.4. The number of nitrogens with one attached hydrogen (secondary N) is 2. The van der Waals surface area contributed by atoms with Crippen molar-refractivity contribution in [2.24, 2.45) is 0 Å². The Morgan fingerprint density at radius 2 is 1.71 bits per heavy atom. The summed E-state index contributed by atoms with van der Waals surface area (Å²) in [6.07, 6.45) is 11.1. The van der Waals surface area contributed by atoms with Crippen LogP contribution < -0.4 is 10.6 Å². The molecule has 0 aliphatic heterocycles. The smallest absolute Gasteiger partial charge is 0.303 e. The summed E-state index contributed by atoms with van der Waals surface area (Å²) in [4.78, 5) is 34.7. The molecule has 1 aromatic rings. The van der Waals surface area contributed by atoms with Crippen molar-refractivity contribution < 1.29 is 19.5 Å². The number of carbonyl (C=O) groups is 3. The molecule has 0 fully saturated rings. The molecule has 0 radical (unpaired) electrons.